The molecular formula is C9H12NO2PS. The van der Waals surface area contributed by atoms with E-state index in [2.05, 4.69) is 5.09 Å². The van der Waals surface area contributed by atoms with Crippen LogP contribution in [0.1, 0.15) is 11.7 Å². The Morgan fingerprint density at radius 1 is 1.50 bits per heavy atom. The van der Waals surface area contributed by atoms with Gasteiger partial charge in [-0.05, 0) is 17.4 Å². The fourth-order valence-electron chi connectivity index (χ4n) is 1.39. The summed E-state index contributed by atoms with van der Waals surface area (Å²) < 4.78 is 10.8. The molecule has 2 atom stereocenters. The summed E-state index contributed by atoms with van der Waals surface area (Å²) in [5, 5.41) is 3.11. The molecule has 1 aliphatic rings. The molecule has 1 N–H and O–H groups in total. The molecule has 3 nitrogen and oxygen atoms in total. The van der Waals surface area contributed by atoms with Gasteiger partial charge in [-0.15, -0.1) is 0 Å². The number of rotatable bonds is 2. The highest BCUT2D eigenvalue weighted by molar-refractivity contribution is 8.09. The van der Waals surface area contributed by atoms with Crippen molar-refractivity contribution in [2.45, 2.75) is 6.10 Å². The molecule has 0 saturated carbocycles. The van der Waals surface area contributed by atoms with Gasteiger partial charge in [0.05, 0.1) is 0 Å². The second-order valence-electron chi connectivity index (χ2n) is 3.05. The Labute approximate surface area is 88.6 Å². The molecule has 0 spiro atoms. The highest BCUT2D eigenvalue weighted by Crippen LogP contribution is 2.52. The third-order valence-electron chi connectivity index (χ3n) is 2.15. The largest absolute Gasteiger partial charge is 0.321 e. The van der Waals surface area contributed by atoms with Crippen LogP contribution in [0.2, 0.25) is 0 Å². The molecule has 0 radical (unpaired) electrons. The summed E-state index contributed by atoms with van der Waals surface area (Å²) in [6.07, 6.45) is 0.0296. The third-order valence-corrected chi connectivity index (χ3v) is 4.82. The smallest absolute Gasteiger partial charge is 0.261 e. The molecule has 1 heterocycles. The van der Waals surface area contributed by atoms with Crippen molar-refractivity contribution in [2.75, 3.05) is 13.7 Å². The Bertz CT molecular complexity index is 357. The van der Waals surface area contributed by atoms with Gasteiger partial charge in [-0.1, -0.05) is 30.3 Å². The van der Waals surface area contributed by atoms with Crippen molar-refractivity contribution in [2.24, 2.45) is 0 Å². The SMILES string of the molecule is COP1(=S)NCC(c2ccccc2)O1. The predicted molar refractivity (Wildman–Crippen MR) is 59.6 cm³/mol. The number of hydrogen-bond acceptors (Lipinski definition) is 3. The van der Waals surface area contributed by atoms with Crippen LogP contribution in [0.5, 0.6) is 0 Å². The summed E-state index contributed by atoms with van der Waals surface area (Å²) in [5.41, 5.74) is 1.14. The molecule has 0 aliphatic carbocycles. The van der Waals surface area contributed by atoms with Gasteiger partial charge >= 0.3 is 0 Å². The topological polar surface area (TPSA) is 30.5 Å². The van der Waals surface area contributed by atoms with E-state index in [0.717, 1.165) is 12.1 Å². The lowest BCUT2D eigenvalue weighted by atomic mass is 10.1. The van der Waals surface area contributed by atoms with Crippen LogP contribution in [0.15, 0.2) is 30.3 Å². The minimum absolute atomic E-state index is 0.0296. The zero-order valence-electron chi connectivity index (χ0n) is 7.84. The summed E-state index contributed by atoms with van der Waals surface area (Å²) in [7, 11) is 1.58. The molecule has 1 saturated heterocycles. The van der Waals surface area contributed by atoms with Gasteiger partial charge in [-0.3, -0.25) is 0 Å². The molecule has 76 valence electrons. The van der Waals surface area contributed by atoms with Crippen molar-refractivity contribution in [1.82, 2.24) is 5.09 Å². The van der Waals surface area contributed by atoms with E-state index in [4.69, 9.17) is 20.9 Å². The van der Waals surface area contributed by atoms with Crippen molar-refractivity contribution in [3.05, 3.63) is 35.9 Å². The van der Waals surface area contributed by atoms with Gasteiger partial charge in [0.2, 0.25) is 0 Å². The molecule has 0 amide bonds. The normalized spacial score (nSPS) is 31.9. The monoisotopic (exact) mass is 229 g/mol. The van der Waals surface area contributed by atoms with Crippen LogP contribution < -0.4 is 5.09 Å². The van der Waals surface area contributed by atoms with E-state index in [0.29, 0.717) is 0 Å². The first kappa shape index (κ1) is 10.3. The maximum Gasteiger partial charge on any atom is 0.261 e. The molecular weight excluding hydrogens is 217 g/mol. The van der Waals surface area contributed by atoms with E-state index in [1.54, 1.807) is 7.11 Å². The predicted octanol–water partition coefficient (Wildman–Crippen LogP) is 2.22. The molecule has 1 aromatic carbocycles. The van der Waals surface area contributed by atoms with Crippen molar-refractivity contribution in [3.63, 3.8) is 0 Å². The lowest BCUT2D eigenvalue weighted by Gasteiger charge is -2.13. The summed E-state index contributed by atoms with van der Waals surface area (Å²) in [6, 6.07) is 10.0. The van der Waals surface area contributed by atoms with E-state index in [9.17, 15) is 0 Å². The maximum atomic E-state index is 5.68. The fourth-order valence-corrected chi connectivity index (χ4v) is 3.14. The molecule has 14 heavy (non-hydrogen) atoms. The van der Waals surface area contributed by atoms with E-state index in [1.807, 2.05) is 30.3 Å². The maximum absolute atomic E-state index is 5.68. The molecule has 2 unspecified atom stereocenters. The zero-order chi connectivity index (χ0) is 10.0. The zero-order valence-corrected chi connectivity index (χ0v) is 9.55. The lowest BCUT2D eigenvalue weighted by Crippen LogP contribution is -2.06. The van der Waals surface area contributed by atoms with E-state index >= 15 is 0 Å². The summed E-state index contributed by atoms with van der Waals surface area (Å²) in [6.45, 7) is -1.46. The van der Waals surface area contributed by atoms with Gasteiger partial charge in [0.1, 0.15) is 6.10 Å². The Balaban J connectivity index is 2.14. The molecule has 5 heteroatoms. The first-order chi connectivity index (χ1) is 6.73. The van der Waals surface area contributed by atoms with Crippen LogP contribution in [-0.2, 0) is 20.9 Å². The minimum atomic E-state index is -2.19. The van der Waals surface area contributed by atoms with Crippen molar-refractivity contribution < 1.29 is 9.05 Å². The van der Waals surface area contributed by atoms with Crippen LogP contribution in [0.25, 0.3) is 0 Å². The van der Waals surface area contributed by atoms with Crippen LogP contribution in [0.3, 0.4) is 0 Å². The van der Waals surface area contributed by atoms with Crippen LogP contribution in [-0.4, -0.2) is 13.7 Å². The molecule has 1 fully saturated rings. The molecule has 0 aromatic heterocycles. The quantitative estimate of drug-likeness (QED) is 0.788. The highest BCUT2D eigenvalue weighted by atomic mass is 32.5. The Kier molecular flexibility index (Phi) is 3.00. The Morgan fingerprint density at radius 3 is 2.79 bits per heavy atom. The Hall–Kier alpha value is -0.250. The highest BCUT2D eigenvalue weighted by Gasteiger charge is 2.31. The second-order valence-corrected chi connectivity index (χ2v) is 6.38. The summed E-state index contributed by atoms with van der Waals surface area (Å²) >= 11 is 5.20. The van der Waals surface area contributed by atoms with E-state index < -0.39 is 6.64 Å². The first-order valence-corrected chi connectivity index (χ1v) is 7.01. The van der Waals surface area contributed by atoms with Gasteiger partial charge in [0.25, 0.3) is 6.64 Å². The number of hydrogen-bond donors (Lipinski definition) is 1. The van der Waals surface area contributed by atoms with Gasteiger partial charge in [-0.2, -0.15) is 0 Å². The van der Waals surface area contributed by atoms with E-state index in [-0.39, 0.29) is 6.10 Å². The molecule has 2 rings (SSSR count). The molecule has 1 aliphatic heterocycles. The number of nitrogens with one attached hydrogen (secondary N) is 1. The van der Waals surface area contributed by atoms with Gasteiger partial charge in [-0.25, -0.2) is 5.09 Å². The van der Waals surface area contributed by atoms with Crippen LogP contribution in [0, 0.1) is 0 Å². The van der Waals surface area contributed by atoms with Gasteiger partial charge < -0.3 is 9.05 Å². The van der Waals surface area contributed by atoms with Gasteiger partial charge in [0, 0.05) is 13.7 Å². The average molecular weight is 229 g/mol. The minimum Gasteiger partial charge on any atom is -0.321 e. The standard InChI is InChI=1S/C9H12NO2PS/c1-11-13(14)10-7-9(12-13)8-5-3-2-4-6-8/h2-6,9H,7H2,1H3,(H,10,14). The number of benzene rings is 1. The van der Waals surface area contributed by atoms with Crippen LogP contribution >= 0.6 is 6.64 Å². The molecule has 1 aromatic rings. The summed E-state index contributed by atoms with van der Waals surface area (Å²) in [4.78, 5) is 0. The molecule has 0 bridgehead atoms. The van der Waals surface area contributed by atoms with Gasteiger partial charge in [0.15, 0.2) is 0 Å². The van der Waals surface area contributed by atoms with Crippen molar-refractivity contribution >= 4 is 18.4 Å². The first-order valence-electron chi connectivity index (χ1n) is 4.38. The van der Waals surface area contributed by atoms with E-state index in [1.165, 1.54) is 0 Å². The Morgan fingerprint density at radius 2 is 2.21 bits per heavy atom. The lowest BCUT2D eigenvalue weighted by molar-refractivity contribution is 0.233. The van der Waals surface area contributed by atoms with Crippen molar-refractivity contribution in [3.8, 4) is 0 Å². The van der Waals surface area contributed by atoms with Crippen LogP contribution in [0.4, 0.5) is 0 Å². The fraction of sp³-hybridized carbons (Fsp3) is 0.333. The second kappa shape index (κ2) is 4.09. The summed E-state index contributed by atoms with van der Waals surface area (Å²) in [5.74, 6) is 0. The van der Waals surface area contributed by atoms with Crippen molar-refractivity contribution in [1.29, 1.82) is 0 Å². The third kappa shape index (κ3) is 2.05. The average Bonchev–Trinajstić information content (AvgIpc) is 2.63.